The van der Waals surface area contributed by atoms with Gasteiger partial charge < -0.3 is 24.8 Å². The van der Waals surface area contributed by atoms with Gasteiger partial charge in [0.05, 0.1) is 7.11 Å². The summed E-state index contributed by atoms with van der Waals surface area (Å²) in [5.41, 5.74) is -0.932. The second kappa shape index (κ2) is 6.55. The number of phenolic OH excluding ortho intramolecular Hbond substituents is 4. The van der Waals surface area contributed by atoms with Crippen LogP contribution in [0.5, 0.6) is 28.7 Å². The van der Waals surface area contributed by atoms with Crippen LogP contribution in [0.25, 0.3) is 22.3 Å². The molecule has 9 nitrogen and oxygen atoms in total. The van der Waals surface area contributed by atoms with Crippen molar-refractivity contribution in [3.63, 3.8) is 0 Å². The van der Waals surface area contributed by atoms with Gasteiger partial charge in [0, 0.05) is 22.3 Å². The molecule has 3 aromatic rings. The molecular weight excluding hydrogens is 367 g/mol. The topological polar surface area (TPSA) is 147 Å². The summed E-state index contributed by atoms with van der Waals surface area (Å²) in [6, 6.07) is 5.59. The van der Waals surface area contributed by atoms with Gasteiger partial charge in [-0.1, -0.05) is 0 Å². The molecule has 0 saturated heterocycles. The molecule has 0 fully saturated rings. The van der Waals surface area contributed by atoms with Crippen molar-refractivity contribution in [1.82, 2.24) is 0 Å². The van der Waals surface area contributed by atoms with Gasteiger partial charge in [-0.15, -0.1) is 4.52 Å². The van der Waals surface area contributed by atoms with E-state index in [-0.39, 0.29) is 28.0 Å². The minimum Gasteiger partial charge on any atom is -0.508 e. The Hall–Kier alpha value is -3.29. The molecule has 0 aliphatic heterocycles. The monoisotopic (exact) mass is 379 g/mol. The lowest BCUT2D eigenvalue weighted by atomic mass is 10.1. The van der Waals surface area contributed by atoms with Crippen LogP contribution in [0.4, 0.5) is 0 Å². The molecule has 1 unspecified atom stereocenters. The Morgan fingerprint density at radius 1 is 1.00 bits per heavy atom. The molecule has 0 bridgehead atoms. The molecule has 3 rings (SSSR count). The second-order valence-electron chi connectivity index (χ2n) is 5.13. The molecule has 0 radical (unpaired) electrons. The zero-order valence-corrected chi connectivity index (χ0v) is 14.1. The van der Waals surface area contributed by atoms with Gasteiger partial charge in [-0.05, 0) is 18.2 Å². The highest BCUT2D eigenvalue weighted by Gasteiger charge is 2.29. The molecule has 4 N–H and O–H groups in total. The first kappa shape index (κ1) is 17.5. The van der Waals surface area contributed by atoms with Crippen LogP contribution in [-0.2, 0) is 9.09 Å². The van der Waals surface area contributed by atoms with Gasteiger partial charge >= 0.3 is 8.25 Å². The minimum absolute atomic E-state index is 0.108. The molecule has 0 amide bonds. The molecule has 0 spiro atoms. The van der Waals surface area contributed by atoms with Crippen molar-refractivity contribution in [1.29, 1.82) is 0 Å². The molecule has 0 aliphatic rings. The smallest absolute Gasteiger partial charge is 0.508 e. The highest BCUT2D eigenvalue weighted by molar-refractivity contribution is 7.33. The fourth-order valence-corrected chi connectivity index (χ4v) is 2.71. The zero-order valence-electron chi connectivity index (χ0n) is 13.2. The van der Waals surface area contributed by atoms with Crippen LogP contribution >= 0.6 is 8.25 Å². The number of fused-ring (bicyclic) bond motifs is 1. The maximum absolute atomic E-state index is 12.7. The van der Waals surface area contributed by atoms with E-state index in [1.165, 1.54) is 6.07 Å². The van der Waals surface area contributed by atoms with Crippen LogP contribution in [0.3, 0.4) is 0 Å². The molecular formula is C16H12O9P+. The molecule has 0 saturated carbocycles. The van der Waals surface area contributed by atoms with E-state index in [1.54, 1.807) is 0 Å². The third-order valence-corrected chi connectivity index (χ3v) is 4.10. The van der Waals surface area contributed by atoms with Crippen LogP contribution in [0.2, 0.25) is 0 Å². The van der Waals surface area contributed by atoms with E-state index in [0.29, 0.717) is 0 Å². The van der Waals surface area contributed by atoms with Gasteiger partial charge in [-0.25, -0.2) is 4.52 Å². The third kappa shape index (κ3) is 3.01. The van der Waals surface area contributed by atoms with Gasteiger partial charge in [0.1, 0.15) is 22.5 Å². The first-order valence-corrected chi connectivity index (χ1v) is 8.16. The molecule has 1 atom stereocenters. The highest BCUT2D eigenvalue weighted by Crippen LogP contribution is 2.40. The van der Waals surface area contributed by atoms with E-state index >= 15 is 0 Å². The van der Waals surface area contributed by atoms with Crippen LogP contribution < -0.4 is 9.95 Å². The van der Waals surface area contributed by atoms with Crippen LogP contribution in [0, 0.1) is 0 Å². The standard InChI is InChI=1S/C16H11O9P/c1-23-26(22)25-16-14(21)13-11(20)5-8(17)6-12(13)24-15(16)7-2-3-9(18)10(19)4-7/h2-6H,1H3,(H3-,17,18,19,20,21)/p+1. The summed E-state index contributed by atoms with van der Waals surface area (Å²) in [4.78, 5) is 12.7. The summed E-state index contributed by atoms with van der Waals surface area (Å²) in [6.07, 6.45) is 0. The van der Waals surface area contributed by atoms with E-state index in [1.807, 2.05) is 0 Å². The lowest BCUT2D eigenvalue weighted by molar-refractivity contribution is 0.345. The Balaban J connectivity index is 2.38. The Bertz CT molecular complexity index is 1090. The van der Waals surface area contributed by atoms with E-state index < -0.39 is 36.7 Å². The van der Waals surface area contributed by atoms with E-state index in [9.17, 15) is 29.8 Å². The molecule has 2 aromatic carbocycles. The van der Waals surface area contributed by atoms with Crippen molar-refractivity contribution < 1.29 is 38.5 Å². The van der Waals surface area contributed by atoms with Gasteiger partial charge in [-0.3, -0.25) is 4.79 Å². The first-order valence-electron chi connectivity index (χ1n) is 7.06. The van der Waals surface area contributed by atoms with Crippen LogP contribution in [0.1, 0.15) is 0 Å². The lowest BCUT2D eigenvalue weighted by Crippen LogP contribution is -2.07. The fourth-order valence-electron chi connectivity index (χ4n) is 2.32. The van der Waals surface area contributed by atoms with Crippen molar-refractivity contribution >= 4 is 19.2 Å². The molecule has 1 heterocycles. The molecule has 26 heavy (non-hydrogen) atoms. The number of rotatable bonds is 4. The van der Waals surface area contributed by atoms with E-state index in [4.69, 9.17) is 8.94 Å². The largest absolute Gasteiger partial charge is 0.750 e. The van der Waals surface area contributed by atoms with Gasteiger partial charge in [0.2, 0.25) is 5.43 Å². The SMILES string of the molecule is CO[P+](=O)Oc1c(-c2ccc(O)c(O)c2)oc2cc(O)cc(O)c2c1=O. The van der Waals surface area contributed by atoms with Crippen molar-refractivity contribution in [2.45, 2.75) is 0 Å². The number of benzene rings is 2. The van der Waals surface area contributed by atoms with Crippen molar-refractivity contribution in [2.24, 2.45) is 0 Å². The Labute approximate surface area is 146 Å². The summed E-state index contributed by atoms with van der Waals surface area (Å²) in [5.74, 6) is -2.60. The number of aromatic hydroxyl groups is 4. The normalized spacial score (nSPS) is 11.5. The zero-order chi connectivity index (χ0) is 19.0. The van der Waals surface area contributed by atoms with Crippen molar-refractivity contribution in [3.8, 4) is 40.1 Å². The average Bonchev–Trinajstić information content (AvgIpc) is 2.58. The Kier molecular flexibility index (Phi) is 4.41. The van der Waals surface area contributed by atoms with Gasteiger partial charge in [0.25, 0.3) is 5.75 Å². The summed E-state index contributed by atoms with van der Waals surface area (Å²) < 4.78 is 26.7. The number of hydrogen-bond donors (Lipinski definition) is 4. The fraction of sp³-hybridized carbons (Fsp3) is 0.0625. The number of phenols is 4. The Morgan fingerprint density at radius 2 is 1.73 bits per heavy atom. The predicted octanol–water partition coefficient (Wildman–Crippen LogP) is 2.97. The summed E-state index contributed by atoms with van der Waals surface area (Å²) in [7, 11) is -1.62. The average molecular weight is 379 g/mol. The molecule has 10 heteroatoms. The number of hydrogen-bond acceptors (Lipinski definition) is 9. The molecule has 134 valence electrons. The van der Waals surface area contributed by atoms with E-state index in [2.05, 4.69) is 4.52 Å². The molecule has 1 aromatic heterocycles. The van der Waals surface area contributed by atoms with Gasteiger partial charge in [0.15, 0.2) is 17.3 Å². The quantitative estimate of drug-likeness (QED) is 0.397. The van der Waals surface area contributed by atoms with Crippen LogP contribution in [0.15, 0.2) is 39.5 Å². The second-order valence-corrected chi connectivity index (χ2v) is 6.12. The maximum Gasteiger partial charge on any atom is 0.750 e. The summed E-state index contributed by atoms with van der Waals surface area (Å²) >= 11 is 0. The highest BCUT2D eigenvalue weighted by atomic mass is 31.1. The summed E-state index contributed by atoms with van der Waals surface area (Å²) in [6.45, 7) is 0. The van der Waals surface area contributed by atoms with E-state index in [0.717, 1.165) is 31.4 Å². The first-order chi connectivity index (χ1) is 12.3. The van der Waals surface area contributed by atoms with Crippen molar-refractivity contribution in [3.05, 3.63) is 40.6 Å². The minimum atomic E-state index is -2.72. The molecule has 0 aliphatic carbocycles. The summed E-state index contributed by atoms with van der Waals surface area (Å²) in [5, 5.41) is 38.4. The van der Waals surface area contributed by atoms with Crippen molar-refractivity contribution in [2.75, 3.05) is 7.11 Å². The third-order valence-electron chi connectivity index (χ3n) is 3.47. The predicted molar refractivity (Wildman–Crippen MR) is 89.8 cm³/mol. The van der Waals surface area contributed by atoms with Gasteiger partial charge in [-0.2, -0.15) is 0 Å². The lowest BCUT2D eigenvalue weighted by Gasteiger charge is -2.08. The Morgan fingerprint density at radius 3 is 2.38 bits per heavy atom. The maximum atomic E-state index is 12.7. The van der Waals surface area contributed by atoms with Crippen LogP contribution in [-0.4, -0.2) is 27.5 Å².